The number of hydrogen-bond acceptors (Lipinski definition) is 5. The fraction of sp³-hybridized carbons (Fsp3) is 0.120. The number of nitriles is 1. The lowest BCUT2D eigenvalue weighted by Gasteiger charge is -2.14. The Labute approximate surface area is 185 Å². The summed E-state index contributed by atoms with van der Waals surface area (Å²) in [5.41, 5.74) is 13.2. The predicted octanol–water partition coefficient (Wildman–Crippen LogP) is 3.92. The van der Waals surface area contributed by atoms with Crippen LogP contribution in [-0.2, 0) is 13.6 Å². The standard InChI is InChI=1S/C25H20N6O/c1-15(10-26)13-31-14-21-18(5-6-22(27)24(21)25(31)32)17-8-19(16-4-3-7-28-11-16)20-12-29-30(2)23(20)9-17/h3-9,11-12H,1,13-14,27H2,2H3. The van der Waals surface area contributed by atoms with E-state index in [1.54, 1.807) is 17.2 Å². The summed E-state index contributed by atoms with van der Waals surface area (Å²) in [5, 5.41) is 14.6. The Morgan fingerprint density at radius 3 is 2.81 bits per heavy atom. The van der Waals surface area contributed by atoms with Crippen molar-refractivity contribution in [2.24, 2.45) is 7.05 Å². The molecule has 32 heavy (non-hydrogen) atoms. The minimum absolute atomic E-state index is 0.176. The van der Waals surface area contributed by atoms with E-state index < -0.39 is 0 Å². The summed E-state index contributed by atoms with van der Waals surface area (Å²) in [6.45, 7) is 4.28. The minimum Gasteiger partial charge on any atom is -0.398 e. The lowest BCUT2D eigenvalue weighted by Crippen LogP contribution is -2.26. The van der Waals surface area contributed by atoms with Gasteiger partial charge in [-0.1, -0.05) is 18.7 Å². The Morgan fingerprint density at radius 2 is 2.06 bits per heavy atom. The number of amides is 1. The zero-order valence-corrected chi connectivity index (χ0v) is 17.5. The van der Waals surface area contributed by atoms with E-state index in [0.717, 1.165) is 38.7 Å². The second-order valence-electron chi connectivity index (χ2n) is 7.90. The molecule has 7 nitrogen and oxygen atoms in total. The molecule has 0 bridgehead atoms. The normalized spacial score (nSPS) is 12.8. The number of anilines is 1. The summed E-state index contributed by atoms with van der Waals surface area (Å²) >= 11 is 0. The van der Waals surface area contributed by atoms with Gasteiger partial charge in [0.1, 0.15) is 0 Å². The maximum atomic E-state index is 13.0. The number of nitrogens with two attached hydrogens (primary N) is 1. The second kappa shape index (κ2) is 7.36. The average molecular weight is 420 g/mol. The molecule has 0 fully saturated rings. The third-order valence-electron chi connectivity index (χ3n) is 5.89. The highest BCUT2D eigenvalue weighted by Gasteiger charge is 2.32. The van der Waals surface area contributed by atoms with E-state index in [-0.39, 0.29) is 12.5 Å². The van der Waals surface area contributed by atoms with Crippen molar-refractivity contribution >= 4 is 22.5 Å². The number of aryl methyl sites for hydroxylation is 1. The number of carbonyl (C=O) groups excluding carboxylic acids is 1. The molecule has 0 unspecified atom stereocenters. The van der Waals surface area contributed by atoms with Gasteiger partial charge in [0.05, 0.1) is 29.9 Å². The van der Waals surface area contributed by atoms with Crippen molar-refractivity contribution in [3.63, 3.8) is 0 Å². The molecule has 1 aliphatic rings. The molecule has 0 saturated heterocycles. The van der Waals surface area contributed by atoms with Crippen LogP contribution < -0.4 is 5.73 Å². The minimum atomic E-state index is -0.176. The molecule has 2 aromatic carbocycles. The van der Waals surface area contributed by atoms with Crippen LogP contribution in [0.4, 0.5) is 5.69 Å². The van der Waals surface area contributed by atoms with Crippen LogP contribution in [-0.4, -0.2) is 32.1 Å². The number of pyridine rings is 1. The quantitative estimate of drug-likeness (QED) is 0.398. The fourth-order valence-electron chi connectivity index (χ4n) is 4.33. The van der Waals surface area contributed by atoms with Gasteiger partial charge in [0, 0.05) is 48.2 Å². The van der Waals surface area contributed by atoms with Gasteiger partial charge in [-0.25, -0.2) is 0 Å². The van der Waals surface area contributed by atoms with E-state index in [2.05, 4.69) is 28.8 Å². The molecule has 2 aromatic heterocycles. The summed E-state index contributed by atoms with van der Waals surface area (Å²) in [5.74, 6) is -0.176. The van der Waals surface area contributed by atoms with Crippen molar-refractivity contribution in [3.05, 3.63) is 78.3 Å². The molecule has 1 amide bonds. The molecular weight excluding hydrogens is 400 g/mol. The molecule has 0 radical (unpaired) electrons. The van der Waals surface area contributed by atoms with Gasteiger partial charge in [-0.05, 0) is 46.5 Å². The van der Waals surface area contributed by atoms with Gasteiger partial charge in [0.2, 0.25) is 0 Å². The van der Waals surface area contributed by atoms with Crippen LogP contribution in [0.25, 0.3) is 33.2 Å². The van der Waals surface area contributed by atoms with Gasteiger partial charge in [0.15, 0.2) is 0 Å². The number of nitrogen functional groups attached to an aromatic ring is 1. The molecular formula is C25H20N6O. The molecule has 3 heterocycles. The first kappa shape index (κ1) is 19.5. The number of hydrogen-bond donors (Lipinski definition) is 1. The SMILES string of the molecule is C=C(C#N)CN1Cc2c(-c3cc(-c4cccnc4)c4cnn(C)c4c3)ccc(N)c2C1=O. The van der Waals surface area contributed by atoms with Gasteiger partial charge in [-0.3, -0.25) is 14.5 Å². The highest BCUT2D eigenvalue weighted by molar-refractivity contribution is 6.06. The number of aromatic nitrogens is 3. The van der Waals surface area contributed by atoms with Gasteiger partial charge in [-0.2, -0.15) is 10.4 Å². The van der Waals surface area contributed by atoms with Crippen LogP contribution in [0.1, 0.15) is 15.9 Å². The van der Waals surface area contributed by atoms with Crippen LogP contribution in [0.15, 0.2) is 67.1 Å². The van der Waals surface area contributed by atoms with Crippen molar-refractivity contribution in [1.29, 1.82) is 5.26 Å². The topological polar surface area (TPSA) is 101 Å². The summed E-state index contributed by atoms with van der Waals surface area (Å²) in [7, 11) is 1.91. The highest BCUT2D eigenvalue weighted by Crippen LogP contribution is 2.39. The van der Waals surface area contributed by atoms with E-state index in [4.69, 9.17) is 11.0 Å². The van der Waals surface area contributed by atoms with Crippen LogP contribution >= 0.6 is 0 Å². The Bertz CT molecular complexity index is 1450. The van der Waals surface area contributed by atoms with E-state index >= 15 is 0 Å². The maximum Gasteiger partial charge on any atom is 0.256 e. The van der Waals surface area contributed by atoms with Crippen molar-refractivity contribution < 1.29 is 4.79 Å². The number of rotatable bonds is 4. The van der Waals surface area contributed by atoms with Crippen LogP contribution in [0.2, 0.25) is 0 Å². The van der Waals surface area contributed by atoms with Crippen LogP contribution in [0.3, 0.4) is 0 Å². The molecule has 4 aromatic rings. The molecule has 1 aliphatic heterocycles. The first-order chi connectivity index (χ1) is 15.5. The zero-order valence-electron chi connectivity index (χ0n) is 17.5. The van der Waals surface area contributed by atoms with Gasteiger partial charge >= 0.3 is 0 Å². The lowest BCUT2D eigenvalue weighted by molar-refractivity contribution is 0.0794. The molecule has 2 N–H and O–H groups in total. The van der Waals surface area contributed by atoms with Crippen molar-refractivity contribution in [2.75, 3.05) is 12.3 Å². The molecule has 0 saturated carbocycles. The molecule has 7 heteroatoms. The number of fused-ring (bicyclic) bond motifs is 2. The Balaban J connectivity index is 1.70. The predicted molar refractivity (Wildman–Crippen MR) is 123 cm³/mol. The van der Waals surface area contributed by atoms with Gasteiger partial charge < -0.3 is 10.6 Å². The van der Waals surface area contributed by atoms with E-state index in [1.165, 1.54) is 0 Å². The first-order valence-electron chi connectivity index (χ1n) is 10.1. The monoisotopic (exact) mass is 420 g/mol. The van der Waals surface area contributed by atoms with E-state index in [9.17, 15) is 4.79 Å². The number of nitrogens with zero attached hydrogens (tertiary/aromatic N) is 5. The smallest absolute Gasteiger partial charge is 0.256 e. The third-order valence-corrected chi connectivity index (χ3v) is 5.89. The lowest BCUT2D eigenvalue weighted by atomic mass is 9.92. The van der Waals surface area contributed by atoms with Gasteiger partial charge in [-0.15, -0.1) is 0 Å². The maximum absolute atomic E-state index is 13.0. The Kier molecular flexibility index (Phi) is 4.49. The summed E-state index contributed by atoms with van der Waals surface area (Å²) in [4.78, 5) is 18.9. The second-order valence-corrected chi connectivity index (χ2v) is 7.90. The largest absolute Gasteiger partial charge is 0.398 e. The molecule has 5 rings (SSSR count). The summed E-state index contributed by atoms with van der Waals surface area (Å²) < 4.78 is 1.84. The van der Waals surface area contributed by atoms with Crippen LogP contribution in [0.5, 0.6) is 0 Å². The Hall–Kier alpha value is -4.44. The summed E-state index contributed by atoms with van der Waals surface area (Å²) in [6, 6.07) is 13.8. The van der Waals surface area contributed by atoms with E-state index in [0.29, 0.717) is 23.4 Å². The average Bonchev–Trinajstić information content (AvgIpc) is 3.34. The molecule has 0 aliphatic carbocycles. The first-order valence-corrected chi connectivity index (χ1v) is 10.1. The number of benzene rings is 2. The third kappa shape index (κ3) is 3.01. The highest BCUT2D eigenvalue weighted by atomic mass is 16.2. The van der Waals surface area contributed by atoms with Crippen molar-refractivity contribution in [2.45, 2.75) is 6.54 Å². The van der Waals surface area contributed by atoms with Crippen molar-refractivity contribution in [3.8, 4) is 28.3 Å². The van der Waals surface area contributed by atoms with Gasteiger partial charge in [0.25, 0.3) is 5.91 Å². The molecule has 0 spiro atoms. The van der Waals surface area contributed by atoms with E-state index in [1.807, 2.05) is 48.4 Å². The van der Waals surface area contributed by atoms with Crippen molar-refractivity contribution in [1.82, 2.24) is 19.7 Å². The number of carbonyl (C=O) groups is 1. The van der Waals surface area contributed by atoms with Crippen LogP contribution in [0, 0.1) is 11.3 Å². The zero-order chi connectivity index (χ0) is 22.4. The fourth-order valence-corrected chi connectivity index (χ4v) is 4.33. The Morgan fingerprint density at radius 1 is 1.22 bits per heavy atom. The molecule has 0 atom stereocenters. The summed E-state index contributed by atoms with van der Waals surface area (Å²) in [6.07, 6.45) is 5.43. The molecule has 156 valence electrons.